The van der Waals surface area contributed by atoms with Gasteiger partial charge >= 0.3 is 5.97 Å². The number of aromatic amines is 1. The molecule has 4 rings (SSSR count). The number of thiophene rings is 1. The first-order chi connectivity index (χ1) is 11.1. The topological polar surface area (TPSA) is 86.3 Å². The van der Waals surface area contributed by atoms with Crippen molar-refractivity contribution in [1.29, 1.82) is 0 Å². The predicted molar refractivity (Wildman–Crippen MR) is 84.6 cm³/mol. The normalized spacial score (nSPS) is 20.0. The third kappa shape index (κ3) is 2.35. The minimum absolute atomic E-state index is 0.169. The molecular formula is C16H17N3O3S. The van der Waals surface area contributed by atoms with Gasteiger partial charge in [0.05, 0.1) is 29.8 Å². The number of fused-ring (bicyclic) bond motifs is 2. The second kappa shape index (κ2) is 5.49. The number of nitrogens with zero attached hydrogens (tertiary/aromatic N) is 2. The second-order valence-electron chi connectivity index (χ2n) is 6.08. The zero-order chi connectivity index (χ0) is 16.0. The number of aliphatic carboxylic acids is 1. The lowest BCUT2D eigenvalue weighted by atomic mass is 9.94. The van der Waals surface area contributed by atoms with Gasteiger partial charge in [-0.15, -0.1) is 11.3 Å². The molecule has 2 aliphatic rings. The largest absolute Gasteiger partial charge is 0.480 e. The lowest BCUT2D eigenvalue weighted by Gasteiger charge is -2.32. The number of hydrogen-bond donors (Lipinski definition) is 2. The summed E-state index contributed by atoms with van der Waals surface area (Å²) >= 11 is 1.63. The molecule has 1 aliphatic carbocycles. The van der Waals surface area contributed by atoms with E-state index in [1.54, 1.807) is 17.7 Å². The van der Waals surface area contributed by atoms with Gasteiger partial charge in [0, 0.05) is 16.7 Å². The van der Waals surface area contributed by atoms with Gasteiger partial charge < -0.3 is 15.0 Å². The molecule has 0 saturated carbocycles. The summed E-state index contributed by atoms with van der Waals surface area (Å²) in [5, 5.41) is 11.4. The van der Waals surface area contributed by atoms with Gasteiger partial charge in [0.2, 0.25) is 0 Å². The van der Waals surface area contributed by atoms with E-state index in [1.807, 2.05) is 5.38 Å². The van der Waals surface area contributed by atoms with Crippen molar-refractivity contribution >= 4 is 23.2 Å². The molecule has 1 aliphatic heterocycles. The highest BCUT2D eigenvalue weighted by Crippen LogP contribution is 2.32. The maximum absolute atomic E-state index is 13.0. The van der Waals surface area contributed by atoms with E-state index in [0.717, 1.165) is 36.2 Å². The quantitative estimate of drug-likeness (QED) is 0.881. The molecule has 7 heteroatoms. The first-order valence-electron chi connectivity index (χ1n) is 7.79. The number of carbonyl (C=O) groups excluding carboxylic acids is 1. The number of aromatic nitrogens is 2. The van der Waals surface area contributed by atoms with E-state index in [1.165, 1.54) is 16.2 Å². The lowest BCUT2D eigenvalue weighted by molar-refractivity contribution is -0.142. The number of amides is 1. The van der Waals surface area contributed by atoms with Crippen LogP contribution in [0, 0.1) is 0 Å². The number of carboxylic acid groups (broad SMARTS) is 1. The van der Waals surface area contributed by atoms with Crippen molar-refractivity contribution in [3.05, 3.63) is 39.1 Å². The first-order valence-corrected chi connectivity index (χ1v) is 8.67. The van der Waals surface area contributed by atoms with Crippen LogP contribution in [-0.2, 0) is 30.6 Å². The number of H-pyrrole nitrogens is 1. The zero-order valence-electron chi connectivity index (χ0n) is 12.5. The predicted octanol–water partition coefficient (Wildman–Crippen LogP) is 2.00. The molecule has 0 bridgehead atoms. The Morgan fingerprint density at radius 2 is 2.17 bits per heavy atom. The molecule has 0 saturated heterocycles. The number of carboxylic acids is 1. The molecule has 0 radical (unpaired) electrons. The molecule has 6 nitrogen and oxygen atoms in total. The molecule has 120 valence electrons. The third-order valence-electron chi connectivity index (χ3n) is 4.74. The van der Waals surface area contributed by atoms with Gasteiger partial charge in [-0.25, -0.2) is 9.78 Å². The summed E-state index contributed by atoms with van der Waals surface area (Å²) in [6.45, 7) is 0.274. The van der Waals surface area contributed by atoms with Gasteiger partial charge in [-0.2, -0.15) is 0 Å². The van der Waals surface area contributed by atoms with Crippen LogP contribution in [0.4, 0.5) is 0 Å². The summed E-state index contributed by atoms with van der Waals surface area (Å²) in [6.07, 6.45) is 6.02. The van der Waals surface area contributed by atoms with E-state index < -0.39 is 12.0 Å². The Hall–Kier alpha value is -2.15. The van der Waals surface area contributed by atoms with Gasteiger partial charge in [-0.05, 0) is 31.2 Å². The van der Waals surface area contributed by atoms with Gasteiger partial charge in [0.25, 0.3) is 5.91 Å². The highest BCUT2D eigenvalue weighted by molar-refractivity contribution is 7.10. The van der Waals surface area contributed by atoms with Crippen LogP contribution in [0.15, 0.2) is 11.7 Å². The maximum atomic E-state index is 13.0. The maximum Gasteiger partial charge on any atom is 0.326 e. The van der Waals surface area contributed by atoms with E-state index in [9.17, 15) is 14.7 Å². The van der Waals surface area contributed by atoms with E-state index in [2.05, 4.69) is 9.97 Å². The van der Waals surface area contributed by atoms with E-state index in [-0.39, 0.29) is 18.9 Å². The molecule has 2 aromatic rings. The van der Waals surface area contributed by atoms with Gasteiger partial charge in [-0.3, -0.25) is 4.79 Å². The van der Waals surface area contributed by atoms with Crippen LogP contribution in [-0.4, -0.2) is 37.9 Å². The highest BCUT2D eigenvalue weighted by atomic mass is 32.1. The lowest BCUT2D eigenvalue weighted by Crippen LogP contribution is -2.48. The van der Waals surface area contributed by atoms with E-state index in [0.29, 0.717) is 5.56 Å². The molecule has 3 heterocycles. The van der Waals surface area contributed by atoms with Crippen LogP contribution in [0.1, 0.15) is 45.0 Å². The Balaban J connectivity index is 1.69. The van der Waals surface area contributed by atoms with Crippen molar-refractivity contribution in [2.45, 2.75) is 44.7 Å². The monoisotopic (exact) mass is 331 g/mol. The van der Waals surface area contributed by atoms with E-state index in [4.69, 9.17) is 0 Å². The fraction of sp³-hybridized carbons (Fsp3) is 0.438. The molecule has 0 spiro atoms. The standard InChI is InChI=1S/C16H17N3O3S/c20-15(10-7-23-14-4-2-1-3-9(10)14)19-6-12-11(17-8-18-12)5-13(19)16(21)22/h7-8,13H,1-6H2,(H,17,18)(H,21,22). The summed E-state index contributed by atoms with van der Waals surface area (Å²) in [5.74, 6) is -1.15. The Labute approximate surface area is 137 Å². The fourth-order valence-corrected chi connectivity index (χ4v) is 4.62. The fourth-order valence-electron chi connectivity index (χ4n) is 3.50. The Kier molecular flexibility index (Phi) is 3.45. The average Bonchev–Trinajstić information content (AvgIpc) is 3.19. The van der Waals surface area contributed by atoms with Gasteiger partial charge in [-0.1, -0.05) is 0 Å². The summed E-state index contributed by atoms with van der Waals surface area (Å²) in [6, 6.07) is -0.850. The number of aryl methyl sites for hydroxylation is 1. The Morgan fingerprint density at radius 1 is 1.35 bits per heavy atom. The summed E-state index contributed by atoms with van der Waals surface area (Å²) < 4.78 is 0. The Morgan fingerprint density at radius 3 is 3.00 bits per heavy atom. The summed E-state index contributed by atoms with van der Waals surface area (Å²) in [5.41, 5.74) is 3.40. The number of imidazole rings is 1. The number of nitrogens with one attached hydrogen (secondary N) is 1. The van der Waals surface area contributed by atoms with Crippen LogP contribution in [0.5, 0.6) is 0 Å². The molecule has 1 unspecified atom stereocenters. The van der Waals surface area contributed by atoms with Crippen molar-refractivity contribution < 1.29 is 14.7 Å². The molecule has 1 atom stereocenters. The summed E-state index contributed by atoms with van der Waals surface area (Å²) in [4.78, 5) is 34.6. The van der Waals surface area contributed by atoms with Crippen LogP contribution in [0.2, 0.25) is 0 Å². The van der Waals surface area contributed by atoms with Gasteiger partial charge in [0.15, 0.2) is 0 Å². The number of carbonyl (C=O) groups is 2. The first kappa shape index (κ1) is 14.4. The zero-order valence-corrected chi connectivity index (χ0v) is 13.4. The molecule has 0 fully saturated rings. The molecule has 1 amide bonds. The van der Waals surface area contributed by atoms with Crippen LogP contribution in [0.3, 0.4) is 0 Å². The molecular weight excluding hydrogens is 314 g/mol. The smallest absolute Gasteiger partial charge is 0.326 e. The number of rotatable bonds is 2. The van der Waals surface area contributed by atoms with Crippen LogP contribution < -0.4 is 0 Å². The average molecular weight is 331 g/mol. The van der Waals surface area contributed by atoms with Crippen molar-refractivity contribution in [3.63, 3.8) is 0 Å². The van der Waals surface area contributed by atoms with Crippen molar-refractivity contribution in [3.8, 4) is 0 Å². The molecule has 2 N–H and O–H groups in total. The number of hydrogen-bond acceptors (Lipinski definition) is 4. The second-order valence-corrected chi connectivity index (χ2v) is 7.04. The SMILES string of the molecule is O=C(O)C1Cc2nc[nH]c2CN1C(=O)c1csc2c1CCCC2. The van der Waals surface area contributed by atoms with E-state index >= 15 is 0 Å². The molecule has 23 heavy (non-hydrogen) atoms. The minimum atomic E-state index is -0.976. The Bertz CT molecular complexity index is 779. The minimum Gasteiger partial charge on any atom is -0.480 e. The van der Waals surface area contributed by atoms with Gasteiger partial charge in [0.1, 0.15) is 6.04 Å². The van der Waals surface area contributed by atoms with Crippen LogP contribution >= 0.6 is 11.3 Å². The van der Waals surface area contributed by atoms with Crippen molar-refractivity contribution in [2.75, 3.05) is 0 Å². The third-order valence-corrected chi connectivity index (χ3v) is 5.83. The molecule has 2 aromatic heterocycles. The van der Waals surface area contributed by atoms with Crippen LogP contribution in [0.25, 0.3) is 0 Å². The highest BCUT2D eigenvalue weighted by Gasteiger charge is 2.37. The molecule has 0 aromatic carbocycles. The van der Waals surface area contributed by atoms with Crippen molar-refractivity contribution in [1.82, 2.24) is 14.9 Å². The summed E-state index contributed by atoms with van der Waals surface area (Å²) in [7, 11) is 0. The van der Waals surface area contributed by atoms with Crippen molar-refractivity contribution in [2.24, 2.45) is 0 Å².